The molecule has 0 saturated heterocycles. The molecule has 0 heterocycles. The third kappa shape index (κ3) is 9.03. The summed E-state index contributed by atoms with van der Waals surface area (Å²) in [6.45, 7) is 3.83. The normalized spacial score (nSPS) is 12.9. The highest BCUT2D eigenvalue weighted by Gasteiger charge is 2.06. The lowest BCUT2D eigenvalue weighted by molar-refractivity contribution is 0.208. The van der Waals surface area contributed by atoms with E-state index in [9.17, 15) is 5.11 Å². The van der Waals surface area contributed by atoms with Crippen LogP contribution in [0.4, 0.5) is 0 Å². The molecule has 0 spiro atoms. The van der Waals surface area contributed by atoms with Crippen LogP contribution < -0.4 is 5.32 Å². The first-order chi connectivity index (χ1) is 13.3. The molecule has 1 unspecified atom stereocenters. The zero-order chi connectivity index (χ0) is 19.2. The summed E-state index contributed by atoms with van der Waals surface area (Å²) >= 11 is 0. The molecule has 2 aromatic carbocycles. The highest BCUT2D eigenvalue weighted by molar-refractivity contribution is 5.67. The molecule has 0 aliphatic heterocycles. The maximum absolute atomic E-state index is 10.5. The zero-order valence-corrected chi connectivity index (χ0v) is 16.7. The van der Waals surface area contributed by atoms with Crippen molar-refractivity contribution in [2.75, 3.05) is 6.54 Å². The van der Waals surface area contributed by atoms with Gasteiger partial charge in [-0.3, -0.25) is 0 Å². The number of rotatable bonds is 13. The van der Waals surface area contributed by atoms with Gasteiger partial charge in [0.05, 0.1) is 6.10 Å². The van der Waals surface area contributed by atoms with Gasteiger partial charge in [0.25, 0.3) is 0 Å². The van der Waals surface area contributed by atoms with Crippen LogP contribution in [0, 0.1) is 0 Å². The van der Waals surface area contributed by atoms with Gasteiger partial charge >= 0.3 is 0 Å². The van der Waals surface area contributed by atoms with Crippen LogP contribution in [-0.4, -0.2) is 17.8 Å². The average molecular weight is 366 g/mol. The second kappa shape index (κ2) is 13.3. The van der Waals surface area contributed by atoms with Gasteiger partial charge in [-0.05, 0) is 23.1 Å². The molecule has 2 N–H and O–H groups in total. The first-order valence-corrected chi connectivity index (χ1v) is 10.5. The largest absolute Gasteiger partial charge is 0.389 e. The molecule has 0 amide bonds. The van der Waals surface area contributed by atoms with Crippen LogP contribution in [0.2, 0.25) is 0 Å². The van der Waals surface area contributed by atoms with E-state index in [4.69, 9.17) is 0 Å². The third-order valence-electron chi connectivity index (χ3n) is 4.88. The predicted octanol–water partition coefficient (Wildman–Crippen LogP) is 5.97. The van der Waals surface area contributed by atoms with Crippen LogP contribution in [-0.2, 0) is 6.54 Å². The first kappa shape index (κ1) is 21.4. The summed E-state index contributed by atoms with van der Waals surface area (Å²) in [7, 11) is 0. The Labute approximate surface area is 165 Å². The standard InChI is InChI=1S/C25H35NO/c1-2-3-4-5-6-13-18-25(27)19-24(23-16-11-8-12-17-23)21-26-20-22-14-9-7-10-15-22/h7-12,14-17,19,25-27H,2-6,13,18,20-21H2,1H3/b24-19-. The minimum atomic E-state index is -0.370. The smallest absolute Gasteiger partial charge is 0.0727 e. The topological polar surface area (TPSA) is 32.3 Å². The van der Waals surface area contributed by atoms with Gasteiger partial charge in [-0.2, -0.15) is 0 Å². The van der Waals surface area contributed by atoms with Gasteiger partial charge in [-0.25, -0.2) is 0 Å². The fraction of sp³-hybridized carbons (Fsp3) is 0.440. The number of nitrogens with one attached hydrogen (secondary N) is 1. The molecule has 0 radical (unpaired) electrons. The summed E-state index contributed by atoms with van der Waals surface area (Å²) in [5.41, 5.74) is 3.63. The quantitative estimate of drug-likeness (QED) is 0.429. The lowest BCUT2D eigenvalue weighted by atomic mass is 10.0. The van der Waals surface area contributed by atoms with Crippen molar-refractivity contribution in [1.82, 2.24) is 5.32 Å². The number of benzene rings is 2. The molecule has 0 fully saturated rings. The molecule has 0 bridgehead atoms. The molecule has 0 aromatic heterocycles. The van der Waals surface area contributed by atoms with Crippen LogP contribution in [0.25, 0.3) is 5.57 Å². The van der Waals surface area contributed by atoms with Crippen LogP contribution in [0.15, 0.2) is 66.7 Å². The Morgan fingerprint density at radius 3 is 2.22 bits per heavy atom. The Morgan fingerprint density at radius 1 is 0.889 bits per heavy atom. The monoisotopic (exact) mass is 365 g/mol. The van der Waals surface area contributed by atoms with Crippen molar-refractivity contribution in [1.29, 1.82) is 0 Å². The lowest BCUT2D eigenvalue weighted by Gasteiger charge is -2.13. The molecule has 2 heteroatoms. The van der Waals surface area contributed by atoms with E-state index in [1.54, 1.807) is 0 Å². The highest BCUT2D eigenvalue weighted by atomic mass is 16.3. The van der Waals surface area contributed by atoms with E-state index in [-0.39, 0.29) is 6.10 Å². The van der Waals surface area contributed by atoms with Crippen LogP contribution >= 0.6 is 0 Å². The van der Waals surface area contributed by atoms with E-state index in [2.05, 4.69) is 60.8 Å². The van der Waals surface area contributed by atoms with Gasteiger partial charge in [0.1, 0.15) is 0 Å². The van der Waals surface area contributed by atoms with Gasteiger partial charge in [-0.15, -0.1) is 0 Å². The maximum Gasteiger partial charge on any atom is 0.0727 e. The molecule has 2 aromatic rings. The minimum absolute atomic E-state index is 0.370. The molecule has 0 aliphatic carbocycles. The highest BCUT2D eigenvalue weighted by Crippen LogP contribution is 2.17. The van der Waals surface area contributed by atoms with Crippen molar-refractivity contribution in [3.05, 3.63) is 77.9 Å². The van der Waals surface area contributed by atoms with Crippen molar-refractivity contribution >= 4 is 5.57 Å². The molecular formula is C25H35NO. The third-order valence-corrected chi connectivity index (χ3v) is 4.88. The maximum atomic E-state index is 10.5. The Bertz CT molecular complexity index is 636. The molecule has 0 saturated carbocycles. The van der Waals surface area contributed by atoms with Crippen LogP contribution in [0.5, 0.6) is 0 Å². The molecule has 27 heavy (non-hydrogen) atoms. The van der Waals surface area contributed by atoms with E-state index in [0.29, 0.717) is 0 Å². The lowest BCUT2D eigenvalue weighted by Crippen LogP contribution is -2.17. The SMILES string of the molecule is CCCCCCCCC(O)/C=C(/CNCc1ccccc1)c1ccccc1. The zero-order valence-electron chi connectivity index (χ0n) is 16.7. The number of hydrogen-bond acceptors (Lipinski definition) is 2. The molecule has 2 nitrogen and oxygen atoms in total. The molecular weight excluding hydrogens is 330 g/mol. The molecule has 0 aliphatic rings. The van der Waals surface area contributed by atoms with Gasteiger partial charge in [0, 0.05) is 13.1 Å². The van der Waals surface area contributed by atoms with Crippen molar-refractivity contribution in [2.24, 2.45) is 0 Å². The summed E-state index contributed by atoms with van der Waals surface area (Å²) < 4.78 is 0. The second-order valence-electron chi connectivity index (χ2n) is 7.27. The van der Waals surface area contributed by atoms with E-state index in [1.807, 2.05) is 18.2 Å². The van der Waals surface area contributed by atoms with Gasteiger partial charge in [0.15, 0.2) is 0 Å². The van der Waals surface area contributed by atoms with E-state index < -0.39 is 0 Å². The summed E-state index contributed by atoms with van der Waals surface area (Å²) in [5, 5.41) is 14.0. The molecule has 1 atom stereocenters. The average Bonchev–Trinajstić information content (AvgIpc) is 2.71. The number of hydrogen-bond donors (Lipinski definition) is 2. The van der Waals surface area contributed by atoms with Gasteiger partial charge in [0.2, 0.25) is 0 Å². The fourth-order valence-electron chi connectivity index (χ4n) is 3.30. The Kier molecular flexibility index (Phi) is 10.5. The van der Waals surface area contributed by atoms with Gasteiger partial charge in [-0.1, -0.05) is 112 Å². The second-order valence-corrected chi connectivity index (χ2v) is 7.27. The van der Waals surface area contributed by atoms with Crippen molar-refractivity contribution < 1.29 is 5.11 Å². The summed E-state index contributed by atoms with van der Waals surface area (Å²) in [4.78, 5) is 0. The number of aliphatic hydroxyl groups excluding tert-OH is 1. The summed E-state index contributed by atoms with van der Waals surface area (Å²) in [5.74, 6) is 0. The van der Waals surface area contributed by atoms with Gasteiger partial charge < -0.3 is 10.4 Å². The summed E-state index contributed by atoms with van der Waals surface area (Å²) in [6, 6.07) is 20.8. The Hall–Kier alpha value is -1.90. The van der Waals surface area contributed by atoms with E-state index in [0.717, 1.165) is 25.9 Å². The fourth-order valence-corrected chi connectivity index (χ4v) is 3.30. The first-order valence-electron chi connectivity index (χ1n) is 10.5. The number of unbranched alkanes of at least 4 members (excludes halogenated alkanes) is 5. The predicted molar refractivity (Wildman–Crippen MR) is 117 cm³/mol. The Balaban J connectivity index is 1.86. The van der Waals surface area contributed by atoms with Crippen LogP contribution in [0.3, 0.4) is 0 Å². The van der Waals surface area contributed by atoms with Crippen molar-refractivity contribution in [3.63, 3.8) is 0 Å². The van der Waals surface area contributed by atoms with E-state index >= 15 is 0 Å². The summed E-state index contributed by atoms with van der Waals surface area (Å²) in [6.07, 6.45) is 10.1. The van der Waals surface area contributed by atoms with Crippen molar-refractivity contribution in [3.8, 4) is 0 Å². The molecule has 146 valence electrons. The molecule has 2 rings (SSSR count). The minimum Gasteiger partial charge on any atom is -0.389 e. The van der Waals surface area contributed by atoms with E-state index in [1.165, 1.54) is 48.8 Å². The Morgan fingerprint density at radius 2 is 1.52 bits per heavy atom. The van der Waals surface area contributed by atoms with Crippen LogP contribution in [0.1, 0.15) is 63.0 Å². The van der Waals surface area contributed by atoms with Crippen molar-refractivity contribution in [2.45, 2.75) is 64.5 Å². The number of aliphatic hydroxyl groups is 1.